The van der Waals surface area contributed by atoms with Crippen LogP contribution in [0.1, 0.15) is 39.1 Å². The minimum atomic E-state index is -0.787. The van der Waals surface area contributed by atoms with Gasteiger partial charge < -0.3 is 10.4 Å². The molecule has 0 aliphatic rings. The summed E-state index contributed by atoms with van der Waals surface area (Å²) in [6, 6.07) is 0. The normalized spacial score (nSPS) is 15.0. The molecular formula is C14H24ClN3OS. The molecule has 1 rings (SSSR count). The van der Waals surface area contributed by atoms with Gasteiger partial charge in [0.2, 0.25) is 0 Å². The van der Waals surface area contributed by atoms with E-state index in [0.29, 0.717) is 29.1 Å². The van der Waals surface area contributed by atoms with E-state index < -0.39 is 5.60 Å². The van der Waals surface area contributed by atoms with Crippen molar-refractivity contribution >= 4 is 29.2 Å². The predicted molar refractivity (Wildman–Crippen MR) is 88.0 cm³/mol. The van der Waals surface area contributed by atoms with E-state index in [1.54, 1.807) is 18.7 Å². The first-order valence-electron chi connectivity index (χ1n) is 6.56. The van der Waals surface area contributed by atoms with Gasteiger partial charge in [-0.2, -0.15) is 11.8 Å². The zero-order chi connectivity index (χ0) is 15.6. The zero-order valence-electron chi connectivity index (χ0n) is 13.0. The second-order valence-electron chi connectivity index (χ2n) is 6.35. The third kappa shape index (κ3) is 4.79. The Morgan fingerprint density at radius 3 is 2.35 bits per heavy atom. The lowest BCUT2D eigenvalue weighted by Crippen LogP contribution is -2.36. The molecule has 1 heterocycles. The molecule has 1 aromatic rings. The Bertz CT molecular complexity index is 472. The van der Waals surface area contributed by atoms with Crippen molar-refractivity contribution in [2.24, 2.45) is 0 Å². The van der Waals surface area contributed by atoms with Crippen molar-refractivity contribution < 1.29 is 5.11 Å². The Kier molecular flexibility index (Phi) is 5.70. The van der Waals surface area contributed by atoms with Crippen molar-refractivity contribution in [2.45, 2.75) is 45.6 Å². The van der Waals surface area contributed by atoms with Gasteiger partial charge in [0.15, 0.2) is 0 Å². The second kappa shape index (κ2) is 6.50. The average Bonchev–Trinajstić information content (AvgIpc) is 2.29. The van der Waals surface area contributed by atoms with Crippen LogP contribution in [0.3, 0.4) is 0 Å². The first-order chi connectivity index (χ1) is 9.07. The molecule has 0 radical (unpaired) electrons. The average molecular weight is 318 g/mol. The van der Waals surface area contributed by atoms with Gasteiger partial charge in [0.05, 0.1) is 5.60 Å². The molecule has 2 N–H and O–H groups in total. The summed E-state index contributed by atoms with van der Waals surface area (Å²) in [7, 11) is 0. The molecule has 114 valence electrons. The third-order valence-corrected chi connectivity index (χ3v) is 4.13. The van der Waals surface area contributed by atoms with Gasteiger partial charge in [0.25, 0.3) is 0 Å². The summed E-state index contributed by atoms with van der Waals surface area (Å²) >= 11 is 7.79. The zero-order valence-corrected chi connectivity index (χ0v) is 14.6. The number of halogens is 1. The molecule has 0 aliphatic carbocycles. The number of anilines is 1. The molecule has 0 bridgehead atoms. The van der Waals surface area contributed by atoms with Crippen LogP contribution in [0.5, 0.6) is 0 Å². The summed E-state index contributed by atoms with van der Waals surface area (Å²) in [5, 5.41) is 13.9. The van der Waals surface area contributed by atoms with Crippen LogP contribution in [0.4, 0.5) is 5.82 Å². The van der Waals surface area contributed by atoms with Gasteiger partial charge in [-0.1, -0.05) is 32.4 Å². The minimum Gasteiger partial charge on any atom is -0.387 e. The summed E-state index contributed by atoms with van der Waals surface area (Å²) in [6.07, 6.45) is 1.97. The van der Waals surface area contributed by atoms with Crippen LogP contribution in [0.25, 0.3) is 0 Å². The fourth-order valence-electron chi connectivity index (χ4n) is 1.63. The lowest BCUT2D eigenvalue weighted by atomic mass is 9.95. The van der Waals surface area contributed by atoms with Gasteiger partial charge in [0.1, 0.15) is 16.8 Å². The number of aliphatic hydroxyl groups is 1. The number of thioether (sulfide) groups is 1. The van der Waals surface area contributed by atoms with Gasteiger partial charge in [-0.25, -0.2) is 9.97 Å². The summed E-state index contributed by atoms with van der Waals surface area (Å²) in [5.74, 6) is 2.04. The third-order valence-electron chi connectivity index (χ3n) is 2.85. The van der Waals surface area contributed by atoms with Crippen LogP contribution < -0.4 is 5.32 Å². The number of rotatable bonds is 5. The Morgan fingerprint density at radius 1 is 1.25 bits per heavy atom. The van der Waals surface area contributed by atoms with Crippen molar-refractivity contribution in [1.29, 1.82) is 0 Å². The molecule has 0 amide bonds. The quantitative estimate of drug-likeness (QED) is 0.816. The molecule has 20 heavy (non-hydrogen) atoms. The SMILES string of the molecule is CSCC(C)(O)CNc1nc(C(C)(C)C)nc(Cl)c1C. The van der Waals surface area contributed by atoms with Gasteiger partial charge in [0, 0.05) is 23.3 Å². The molecule has 0 saturated carbocycles. The van der Waals surface area contributed by atoms with Crippen molar-refractivity contribution in [3.63, 3.8) is 0 Å². The number of hydrogen-bond donors (Lipinski definition) is 2. The highest BCUT2D eigenvalue weighted by atomic mass is 35.5. The monoisotopic (exact) mass is 317 g/mol. The van der Waals surface area contributed by atoms with E-state index in [4.69, 9.17) is 11.6 Å². The Morgan fingerprint density at radius 2 is 1.85 bits per heavy atom. The van der Waals surface area contributed by atoms with Gasteiger partial charge in [-0.15, -0.1) is 0 Å². The van der Waals surface area contributed by atoms with E-state index in [1.807, 2.05) is 34.0 Å². The molecule has 1 atom stereocenters. The van der Waals surface area contributed by atoms with Crippen LogP contribution in [-0.4, -0.2) is 39.2 Å². The fourth-order valence-corrected chi connectivity index (χ4v) is 2.53. The van der Waals surface area contributed by atoms with E-state index in [9.17, 15) is 5.11 Å². The fraction of sp³-hybridized carbons (Fsp3) is 0.714. The molecule has 0 aromatic carbocycles. The highest BCUT2D eigenvalue weighted by Gasteiger charge is 2.23. The molecule has 6 heteroatoms. The lowest BCUT2D eigenvalue weighted by Gasteiger charge is -2.24. The second-order valence-corrected chi connectivity index (χ2v) is 7.57. The summed E-state index contributed by atoms with van der Waals surface area (Å²) in [4.78, 5) is 8.88. The van der Waals surface area contributed by atoms with Crippen LogP contribution in [-0.2, 0) is 5.41 Å². The number of nitrogens with zero attached hydrogens (tertiary/aromatic N) is 2. The van der Waals surface area contributed by atoms with Crippen molar-refractivity contribution in [1.82, 2.24) is 9.97 Å². The number of aromatic nitrogens is 2. The van der Waals surface area contributed by atoms with Gasteiger partial charge >= 0.3 is 0 Å². The molecule has 1 aromatic heterocycles. The molecule has 0 saturated heterocycles. The molecule has 0 aliphatic heterocycles. The number of nitrogens with one attached hydrogen (secondary N) is 1. The topological polar surface area (TPSA) is 58.0 Å². The van der Waals surface area contributed by atoms with Crippen LogP contribution >= 0.6 is 23.4 Å². The molecule has 4 nitrogen and oxygen atoms in total. The van der Waals surface area contributed by atoms with E-state index >= 15 is 0 Å². The predicted octanol–water partition coefficient (Wildman–Crippen LogP) is 3.26. The largest absolute Gasteiger partial charge is 0.387 e. The van der Waals surface area contributed by atoms with E-state index in [-0.39, 0.29) is 5.41 Å². The van der Waals surface area contributed by atoms with Crippen LogP contribution in [0, 0.1) is 6.92 Å². The lowest BCUT2D eigenvalue weighted by molar-refractivity contribution is 0.0996. The summed E-state index contributed by atoms with van der Waals surface area (Å²) < 4.78 is 0. The van der Waals surface area contributed by atoms with Crippen LogP contribution in [0.15, 0.2) is 0 Å². The molecule has 0 spiro atoms. The highest BCUT2D eigenvalue weighted by molar-refractivity contribution is 7.98. The summed E-state index contributed by atoms with van der Waals surface area (Å²) in [5.41, 5.74) is -0.152. The molecular weight excluding hydrogens is 294 g/mol. The number of hydrogen-bond acceptors (Lipinski definition) is 5. The van der Waals surface area contributed by atoms with Crippen molar-refractivity contribution in [2.75, 3.05) is 23.9 Å². The van der Waals surface area contributed by atoms with Crippen molar-refractivity contribution in [3.05, 3.63) is 16.5 Å². The first-order valence-corrected chi connectivity index (χ1v) is 8.34. The Labute approximate surface area is 130 Å². The van der Waals surface area contributed by atoms with Gasteiger partial charge in [-0.05, 0) is 20.1 Å². The smallest absolute Gasteiger partial charge is 0.137 e. The Balaban J connectivity index is 2.98. The van der Waals surface area contributed by atoms with E-state index in [0.717, 1.165) is 5.56 Å². The summed E-state index contributed by atoms with van der Waals surface area (Å²) in [6.45, 7) is 10.2. The van der Waals surface area contributed by atoms with E-state index in [2.05, 4.69) is 15.3 Å². The Hall–Kier alpha value is -0.520. The van der Waals surface area contributed by atoms with E-state index in [1.165, 1.54) is 0 Å². The highest BCUT2D eigenvalue weighted by Crippen LogP contribution is 2.26. The maximum Gasteiger partial charge on any atom is 0.137 e. The first kappa shape index (κ1) is 17.5. The standard InChI is InChI=1S/C14H24ClN3OS/c1-9-10(15)17-12(13(2,3)4)18-11(9)16-7-14(5,19)8-20-6/h19H,7-8H2,1-6H3,(H,16,17,18). The van der Waals surface area contributed by atoms with Crippen LogP contribution in [0.2, 0.25) is 5.15 Å². The molecule has 0 fully saturated rings. The van der Waals surface area contributed by atoms with Gasteiger partial charge in [-0.3, -0.25) is 0 Å². The van der Waals surface area contributed by atoms with Crippen molar-refractivity contribution in [3.8, 4) is 0 Å². The maximum absolute atomic E-state index is 10.2. The maximum atomic E-state index is 10.2. The minimum absolute atomic E-state index is 0.171. The molecule has 1 unspecified atom stereocenters.